The van der Waals surface area contributed by atoms with Gasteiger partial charge < -0.3 is 9.51 Å². The van der Waals surface area contributed by atoms with Crippen LogP contribution in [0.4, 0.5) is 0 Å². The molecular formula is C14H17N5O. The van der Waals surface area contributed by atoms with Gasteiger partial charge in [0.1, 0.15) is 5.65 Å². The average Bonchev–Trinajstić information content (AvgIpc) is 3.04. The van der Waals surface area contributed by atoms with Gasteiger partial charge in [0.25, 0.3) is 0 Å². The summed E-state index contributed by atoms with van der Waals surface area (Å²) >= 11 is 0. The summed E-state index contributed by atoms with van der Waals surface area (Å²) in [5.41, 5.74) is 3.99. The molecule has 0 spiro atoms. The Bertz CT molecular complexity index is 715. The van der Waals surface area contributed by atoms with Gasteiger partial charge in [-0.25, -0.2) is 9.67 Å². The normalized spacial score (nSPS) is 11.3. The Balaban J connectivity index is 1.79. The Hall–Kier alpha value is -2.21. The van der Waals surface area contributed by atoms with E-state index in [4.69, 9.17) is 5.11 Å². The van der Waals surface area contributed by atoms with Gasteiger partial charge >= 0.3 is 0 Å². The van der Waals surface area contributed by atoms with Crippen molar-refractivity contribution in [3.05, 3.63) is 47.7 Å². The predicted octanol–water partition coefficient (Wildman–Crippen LogP) is 1.21. The van der Waals surface area contributed by atoms with Crippen LogP contribution in [0.15, 0.2) is 30.7 Å². The summed E-state index contributed by atoms with van der Waals surface area (Å²) in [6, 6.07) is 4.06. The summed E-state index contributed by atoms with van der Waals surface area (Å²) in [5.74, 6) is 0. The van der Waals surface area contributed by atoms with E-state index in [2.05, 4.69) is 28.3 Å². The molecule has 0 aliphatic rings. The minimum atomic E-state index is 0.179. The number of pyridine rings is 1. The summed E-state index contributed by atoms with van der Waals surface area (Å²) < 4.78 is 3.80. The first-order chi connectivity index (χ1) is 9.76. The van der Waals surface area contributed by atoms with Gasteiger partial charge in [-0.1, -0.05) is 11.3 Å². The summed E-state index contributed by atoms with van der Waals surface area (Å²) in [4.78, 5) is 4.61. The molecule has 0 atom stereocenters. The Morgan fingerprint density at radius 3 is 2.95 bits per heavy atom. The number of fused-ring (bicyclic) bond motifs is 1. The fraction of sp³-hybridized carbons (Fsp3) is 0.357. The van der Waals surface area contributed by atoms with Crippen molar-refractivity contribution in [1.29, 1.82) is 0 Å². The van der Waals surface area contributed by atoms with E-state index in [1.165, 1.54) is 0 Å². The highest BCUT2D eigenvalue weighted by molar-refractivity contribution is 5.47. The lowest BCUT2D eigenvalue weighted by Crippen LogP contribution is -2.00. The molecule has 0 aliphatic heterocycles. The van der Waals surface area contributed by atoms with Crippen LogP contribution in [-0.2, 0) is 13.0 Å². The maximum Gasteiger partial charge on any atom is 0.140 e. The number of aliphatic hydroxyl groups is 1. The highest BCUT2D eigenvalue weighted by Gasteiger charge is 2.06. The molecule has 0 saturated carbocycles. The first-order valence-electron chi connectivity index (χ1n) is 6.69. The molecule has 0 saturated heterocycles. The first-order valence-corrected chi connectivity index (χ1v) is 6.69. The van der Waals surface area contributed by atoms with E-state index in [1.54, 1.807) is 4.68 Å². The fourth-order valence-electron chi connectivity index (χ4n) is 2.24. The highest BCUT2D eigenvalue weighted by atomic mass is 16.2. The molecule has 104 valence electrons. The zero-order valence-electron chi connectivity index (χ0n) is 11.4. The van der Waals surface area contributed by atoms with Crippen molar-refractivity contribution >= 4 is 5.65 Å². The van der Waals surface area contributed by atoms with Crippen molar-refractivity contribution in [2.75, 3.05) is 6.61 Å². The molecule has 6 heteroatoms. The van der Waals surface area contributed by atoms with Crippen LogP contribution in [0, 0.1) is 6.92 Å². The van der Waals surface area contributed by atoms with E-state index in [1.807, 2.05) is 29.1 Å². The molecule has 6 nitrogen and oxygen atoms in total. The number of aryl methyl sites for hydroxylation is 2. The molecule has 0 radical (unpaired) electrons. The smallest absolute Gasteiger partial charge is 0.140 e. The van der Waals surface area contributed by atoms with Gasteiger partial charge in [-0.3, -0.25) is 0 Å². The van der Waals surface area contributed by atoms with Crippen molar-refractivity contribution in [2.24, 2.45) is 0 Å². The first kappa shape index (κ1) is 12.8. The Morgan fingerprint density at radius 2 is 2.15 bits per heavy atom. The third kappa shape index (κ3) is 2.55. The number of aliphatic hydroxyl groups excluding tert-OH is 1. The largest absolute Gasteiger partial charge is 0.396 e. The average molecular weight is 271 g/mol. The lowest BCUT2D eigenvalue weighted by molar-refractivity contribution is 0.288. The van der Waals surface area contributed by atoms with Gasteiger partial charge in [-0.2, -0.15) is 0 Å². The summed E-state index contributed by atoms with van der Waals surface area (Å²) in [6.45, 7) is 2.83. The number of imidazole rings is 1. The Kier molecular flexibility index (Phi) is 3.47. The molecule has 0 aromatic carbocycles. The van der Waals surface area contributed by atoms with Crippen molar-refractivity contribution < 1.29 is 5.11 Å². The van der Waals surface area contributed by atoms with Crippen LogP contribution < -0.4 is 0 Å². The van der Waals surface area contributed by atoms with Gasteiger partial charge in [0.15, 0.2) is 0 Å². The number of aromatic nitrogens is 5. The topological polar surface area (TPSA) is 68.2 Å². The van der Waals surface area contributed by atoms with Gasteiger partial charge in [0.2, 0.25) is 0 Å². The second-order valence-corrected chi connectivity index (χ2v) is 4.89. The zero-order chi connectivity index (χ0) is 13.9. The van der Waals surface area contributed by atoms with E-state index >= 15 is 0 Å². The number of hydrogen-bond acceptors (Lipinski definition) is 4. The molecule has 0 amide bonds. The molecular weight excluding hydrogens is 254 g/mol. The number of hydrogen-bond donors (Lipinski definition) is 1. The minimum absolute atomic E-state index is 0.179. The standard InChI is InChI=1S/C14H17N5O/c1-11-4-2-6-18-8-13(15-14(11)18)10-19-9-12(16-17-19)5-3-7-20/h2,4,6,8-9,20H,3,5,7,10H2,1H3. The number of nitrogens with zero attached hydrogens (tertiary/aromatic N) is 5. The second-order valence-electron chi connectivity index (χ2n) is 4.89. The monoisotopic (exact) mass is 271 g/mol. The summed E-state index contributed by atoms with van der Waals surface area (Å²) in [6.07, 6.45) is 7.38. The van der Waals surface area contributed by atoms with Gasteiger partial charge in [-0.15, -0.1) is 5.10 Å². The lowest BCUT2D eigenvalue weighted by atomic mass is 10.3. The third-order valence-electron chi connectivity index (χ3n) is 3.23. The summed E-state index contributed by atoms with van der Waals surface area (Å²) in [7, 11) is 0. The molecule has 0 aliphatic carbocycles. The van der Waals surface area contributed by atoms with E-state index in [9.17, 15) is 0 Å². The van der Waals surface area contributed by atoms with Crippen LogP contribution >= 0.6 is 0 Å². The van der Waals surface area contributed by atoms with Crippen LogP contribution in [0.5, 0.6) is 0 Å². The molecule has 3 heterocycles. The zero-order valence-corrected chi connectivity index (χ0v) is 11.4. The minimum Gasteiger partial charge on any atom is -0.396 e. The second kappa shape index (κ2) is 5.42. The van der Waals surface area contributed by atoms with Crippen LogP contribution in [0.25, 0.3) is 5.65 Å². The van der Waals surface area contributed by atoms with Crippen molar-refractivity contribution in [1.82, 2.24) is 24.4 Å². The highest BCUT2D eigenvalue weighted by Crippen LogP contribution is 2.11. The molecule has 1 N–H and O–H groups in total. The quantitative estimate of drug-likeness (QED) is 0.757. The maximum absolute atomic E-state index is 8.81. The molecule has 0 bridgehead atoms. The molecule has 3 rings (SSSR count). The van der Waals surface area contributed by atoms with Crippen LogP contribution in [0.2, 0.25) is 0 Å². The molecule has 3 aromatic rings. The lowest BCUT2D eigenvalue weighted by Gasteiger charge is -1.94. The molecule has 3 aromatic heterocycles. The SMILES string of the molecule is Cc1cccn2cc(Cn3cc(CCCO)nn3)nc12. The van der Waals surface area contributed by atoms with Gasteiger partial charge in [0.05, 0.1) is 17.9 Å². The van der Waals surface area contributed by atoms with Crippen LogP contribution in [0.3, 0.4) is 0 Å². The Morgan fingerprint density at radius 1 is 1.25 bits per heavy atom. The van der Waals surface area contributed by atoms with Crippen molar-refractivity contribution in [2.45, 2.75) is 26.3 Å². The third-order valence-corrected chi connectivity index (χ3v) is 3.23. The van der Waals surface area contributed by atoms with Crippen LogP contribution in [-0.4, -0.2) is 36.1 Å². The molecule has 0 unspecified atom stereocenters. The number of rotatable bonds is 5. The van der Waals surface area contributed by atoms with E-state index < -0.39 is 0 Å². The van der Waals surface area contributed by atoms with Crippen molar-refractivity contribution in [3.63, 3.8) is 0 Å². The van der Waals surface area contributed by atoms with Gasteiger partial charge in [0, 0.05) is 25.2 Å². The van der Waals surface area contributed by atoms with E-state index in [-0.39, 0.29) is 6.61 Å². The van der Waals surface area contributed by atoms with Crippen molar-refractivity contribution in [3.8, 4) is 0 Å². The Labute approximate surface area is 116 Å². The molecule has 0 fully saturated rings. The van der Waals surface area contributed by atoms with E-state index in [0.29, 0.717) is 13.0 Å². The van der Waals surface area contributed by atoms with Crippen LogP contribution in [0.1, 0.15) is 23.4 Å². The van der Waals surface area contributed by atoms with Gasteiger partial charge in [-0.05, 0) is 31.4 Å². The molecule has 20 heavy (non-hydrogen) atoms. The predicted molar refractivity (Wildman–Crippen MR) is 74.5 cm³/mol. The van der Waals surface area contributed by atoms with E-state index in [0.717, 1.165) is 29.0 Å². The maximum atomic E-state index is 8.81. The summed E-state index contributed by atoms with van der Waals surface area (Å²) in [5, 5.41) is 17.0. The fourth-order valence-corrected chi connectivity index (χ4v) is 2.24.